The Morgan fingerprint density at radius 2 is 1.92 bits per heavy atom. The number of carbonyl (C=O) groups excluding carboxylic acids is 1. The maximum absolute atomic E-state index is 12.5. The first kappa shape index (κ1) is 17.6. The number of benzene rings is 1. The minimum atomic E-state index is -3.22. The van der Waals surface area contributed by atoms with E-state index < -0.39 is 9.84 Å². The van der Waals surface area contributed by atoms with Gasteiger partial charge in [0.05, 0.1) is 21.5 Å². The van der Waals surface area contributed by atoms with Crippen molar-refractivity contribution in [2.24, 2.45) is 7.05 Å². The van der Waals surface area contributed by atoms with Gasteiger partial charge >= 0.3 is 0 Å². The Labute approximate surface area is 150 Å². The van der Waals surface area contributed by atoms with E-state index >= 15 is 0 Å². The van der Waals surface area contributed by atoms with E-state index in [9.17, 15) is 13.2 Å². The Kier molecular flexibility index (Phi) is 4.42. The molecule has 1 atom stereocenters. The summed E-state index contributed by atoms with van der Waals surface area (Å²) < 4.78 is 24.8. The summed E-state index contributed by atoms with van der Waals surface area (Å²) in [6.45, 7) is 3.79. The fourth-order valence-electron chi connectivity index (χ4n) is 2.67. The van der Waals surface area contributed by atoms with Gasteiger partial charge in [0.15, 0.2) is 9.84 Å². The third kappa shape index (κ3) is 3.45. The first-order valence-corrected chi connectivity index (χ1v) is 10.4. The molecule has 8 heteroatoms. The van der Waals surface area contributed by atoms with Crippen molar-refractivity contribution >= 4 is 37.3 Å². The lowest BCUT2D eigenvalue weighted by atomic mass is 10.1. The fraction of sp³-hybridized carbons (Fsp3) is 0.294. The Hall–Kier alpha value is -2.19. The summed E-state index contributed by atoms with van der Waals surface area (Å²) in [7, 11) is -1.36. The smallest absolute Gasteiger partial charge is 0.261 e. The predicted molar refractivity (Wildman–Crippen MR) is 98.8 cm³/mol. The van der Waals surface area contributed by atoms with Crippen molar-refractivity contribution in [3.8, 4) is 0 Å². The summed E-state index contributed by atoms with van der Waals surface area (Å²) in [4.78, 5) is 14.4. The highest BCUT2D eigenvalue weighted by atomic mass is 32.2. The van der Waals surface area contributed by atoms with Crippen LogP contribution in [-0.4, -0.2) is 30.4 Å². The predicted octanol–water partition coefficient (Wildman–Crippen LogP) is 2.84. The van der Waals surface area contributed by atoms with E-state index in [1.807, 2.05) is 27.0 Å². The molecule has 3 rings (SSSR count). The largest absolute Gasteiger partial charge is 0.345 e. The molecule has 0 aliphatic carbocycles. The molecule has 0 saturated carbocycles. The summed E-state index contributed by atoms with van der Waals surface area (Å²) in [5, 5.41) is 8.27. The lowest BCUT2D eigenvalue weighted by Crippen LogP contribution is -2.25. The van der Waals surface area contributed by atoms with Crippen molar-refractivity contribution in [3.63, 3.8) is 0 Å². The molecule has 0 saturated heterocycles. The number of nitrogens with zero attached hydrogens (tertiary/aromatic N) is 2. The van der Waals surface area contributed by atoms with Gasteiger partial charge in [-0.2, -0.15) is 5.10 Å². The lowest BCUT2D eigenvalue weighted by Gasteiger charge is -2.14. The van der Waals surface area contributed by atoms with Gasteiger partial charge < -0.3 is 5.32 Å². The van der Waals surface area contributed by atoms with Crippen molar-refractivity contribution in [2.45, 2.75) is 24.8 Å². The zero-order chi connectivity index (χ0) is 18.4. The molecular weight excluding hydrogens is 358 g/mol. The average Bonchev–Trinajstić information content (AvgIpc) is 3.09. The Bertz CT molecular complexity index is 1010. The van der Waals surface area contributed by atoms with Crippen molar-refractivity contribution < 1.29 is 13.2 Å². The lowest BCUT2D eigenvalue weighted by molar-refractivity contribution is 0.0944. The quantitative estimate of drug-likeness (QED) is 0.758. The molecule has 3 aromatic rings. The third-order valence-electron chi connectivity index (χ3n) is 4.08. The first-order chi connectivity index (χ1) is 11.7. The molecule has 1 amide bonds. The van der Waals surface area contributed by atoms with Gasteiger partial charge in [-0.05, 0) is 37.6 Å². The van der Waals surface area contributed by atoms with Crippen molar-refractivity contribution in [1.82, 2.24) is 15.1 Å². The van der Waals surface area contributed by atoms with Crippen LogP contribution in [0.15, 0.2) is 35.2 Å². The molecule has 132 valence electrons. The van der Waals surface area contributed by atoms with E-state index in [1.54, 1.807) is 28.9 Å². The number of rotatable bonds is 4. The van der Waals surface area contributed by atoms with Crippen molar-refractivity contribution in [1.29, 1.82) is 0 Å². The molecule has 6 nitrogen and oxygen atoms in total. The Morgan fingerprint density at radius 3 is 2.48 bits per heavy atom. The van der Waals surface area contributed by atoms with Gasteiger partial charge in [0.2, 0.25) is 0 Å². The first-order valence-electron chi connectivity index (χ1n) is 7.71. The monoisotopic (exact) mass is 377 g/mol. The number of aromatic nitrogens is 2. The van der Waals surface area contributed by atoms with Gasteiger partial charge in [-0.15, -0.1) is 11.3 Å². The third-order valence-corrected chi connectivity index (χ3v) is 6.40. The van der Waals surface area contributed by atoms with Crippen LogP contribution < -0.4 is 5.32 Å². The molecule has 25 heavy (non-hydrogen) atoms. The van der Waals surface area contributed by atoms with Crippen LogP contribution >= 0.6 is 11.3 Å². The van der Waals surface area contributed by atoms with Gasteiger partial charge in [-0.25, -0.2) is 8.42 Å². The normalized spacial score (nSPS) is 13.1. The van der Waals surface area contributed by atoms with Crippen LogP contribution in [0, 0.1) is 6.92 Å². The second-order valence-corrected chi connectivity index (χ2v) is 9.12. The van der Waals surface area contributed by atoms with Crippen LogP contribution in [0.25, 0.3) is 10.2 Å². The number of nitrogens with one attached hydrogen (secondary N) is 1. The topological polar surface area (TPSA) is 81.1 Å². The second-order valence-electron chi connectivity index (χ2n) is 6.07. The minimum Gasteiger partial charge on any atom is -0.345 e. The zero-order valence-corrected chi connectivity index (χ0v) is 16.0. The second kappa shape index (κ2) is 6.27. The fourth-order valence-corrected chi connectivity index (χ4v) is 4.33. The van der Waals surface area contributed by atoms with E-state index in [0.29, 0.717) is 4.88 Å². The SMILES string of the molecule is Cc1nn(C)c2sc(C(=O)N[C@H](C)c3ccc(S(C)(=O)=O)cc3)cc12. The van der Waals surface area contributed by atoms with Gasteiger partial charge in [0.1, 0.15) is 4.83 Å². The maximum atomic E-state index is 12.5. The molecule has 0 bridgehead atoms. The zero-order valence-electron chi connectivity index (χ0n) is 14.4. The number of amides is 1. The highest BCUT2D eigenvalue weighted by Gasteiger charge is 2.17. The highest BCUT2D eigenvalue weighted by Crippen LogP contribution is 2.28. The summed E-state index contributed by atoms with van der Waals surface area (Å²) in [5.74, 6) is -0.153. The molecule has 0 aliphatic rings. The van der Waals surface area contributed by atoms with E-state index in [-0.39, 0.29) is 16.8 Å². The molecule has 0 unspecified atom stereocenters. The van der Waals surface area contributed by atoms with E-state index in [1.165, 1.54) is 17.6 Å². The summed E-state index contributed by atoms with van der Waals surface area (Å²) in [6.07, 6.45) is 1.17. The van der Waals surface area contributed by atoms with Crippen molar-refractivity contribution in [3.05, 3.63) is 46.5 Å². The Morgan fingerprint density at radius 1 is 1.28 bits per heavy atom. The van der Waals surface area contributed by atoms with Crippen molar-refractivity contribution in [2.75, 3.05) is 6.26 Å². The maximum Gasteiger partial charge on any atom is 0.261 e. The highest BCUT2D eigenvalue weighted by molar-refractivity contribution is 7.90. The van der Waals surface area contributed by atoms with Gasteiger partial charge in [-0.3, -0.25) is 9.48 Å². The van der Waals surface area contributed by atoms with Gasteiger partial charge in [0.25, 0.3) is 5.91 Å². The average molecular weight is 377 g/mol. The summed E-state index contributed by atoms with van der Waals surface area (Å²) in [6, 6.07) is 8.19. The van der Waals surface area contributed by atoms with Crippen LogP contribution in [0.3, 0.4) is 0 Å². The van der Waals surface area contributed by atoms with Crippen LogP contribution in [-0.2, 0) is 16.9 Å². The molecule has 1 N–H and O–H groups in total. The van der Waals surface area contributed by atoms with E-state index in [4.69, 9.17) is 0 Å². The standard InChI is InChI=1S/C17H19N3O3S2/c1-10(12-5-7-13(8-6-12)25(4,22)23)18-16(21)15-9-14-11(2)19-20(3)17(14)24-15/h5-10H,1-4H3,(H,18,21)/t10-/m1/s1. The molecule has 2 heterocycles. The van der Waals surface area contributed by atoms with Gasteiger partial charge in [0, 0.05) is 18.7 Å². The van der Waals surface area contributed by atoms with Gasteiger partial charge in [-0.1, -0.05) is 12.1 Å². The van der Waals surface area contributed by atoms with Crippen LogP contribution in [0.1, 0.15) is 33.9 Å². The number of fused-ring (bicyclic) bond motifs is 1. The number of sulfone groups is 1. The molecule has 0 aliphatic heterocycles. The molecule has 0 radical (unpaired) electrons. The number of hydrogen-bond donors (Lipinski definition) is 1. The van der Waals surface area contributed by atoms with Crippen LogP contribution in [0.5, 0.6) is 0 Å². The molecule has 2 aromatic heterocycles. The summed E-state index contributed by atoms with van der Waals surface area (Å²) >= 11 is 1.40. The molecule has 1 aromatic carbocycles. The molecular formula is C17H19N3O3S2. The molecule has 0 spiro atoms. The van der Waals surface area contributed by atoms with Crippen LogP contribution in [0.2, 0.25) is 0 Å². The summed E-state index contributed by atoms with van der Waals surface area (Å²) in [5.41, 5.74) is 1.75. The number of hydrogen-bond acceptors (Lipinski definition) is 5. The number of carbonyl (C=O) groups is 1. The van der Waals surface area contributed by atoms with Crippen LogP contribution in [0.4, 0.5) is 0 Å². The minimum absolute atomic E-state index is 0.153. The van der Waals surface area contributed by atoms with E-state index in [0.717, 1.165) is 21.5 Å². The van der Waals surface area contributed by atoms with E-state index in [2.05, 4.69) is 10.4 Å². The number of aryl methyl sites for hydroxylation is 2. The number of thiophene rings is 1. The Balaban J connectivity index is 1.78. The molecule has 0 fully saturated rings.